The largest absolute Gasteiger partial charge is 0.331 e. The first-order valence-electron chi connectivity index (χ1n) is 3.85. The summed E-state index contributed by atoms with van der Waals surface area (Å²) in [6.07, 6.45) is 0. The molecule has 0 atom stereocenters. The van der Waals surface area contributed by atoms with Crippen molar-refractivity contribution < 1.29 is 9.63 Å². The van der Waals surface area contributed by atoms with E-state index in [4.69, 9.17) is 5.26 Å². The molecule has 1 aromatic heterocycles. The summed E-state index contributed by atoms with van der Waals surface area (Å²) < 4.78 is 0. The predicted octanol–water partition coefficient (Wildman–Crippen LogP) is 1.91. The van der Waals surface area contributed by atoms with Crippen molar-refractivity contribution in [3.8, 4) is 6.07 Å². The molecule has 0 saturated heterocycles. The van der Waals surface area contributed by atoms with Crippen LogP contribution < -0.4 is 0 Å². The van der Waals surface area contributed by atoms with Gasteiger partial charge in [0.25, 0.3) is 0 Å². The maximum atomic E-state index is 10.5. The molecule has 1 heterocycles. The number of thiophene rings is 1. The highest BCUT2D eigenvalue weighted by atomic mass is 32.1. The predicted molar refractivity (Wildman–Crippen MR) is 53.0 cm³/mol. The van der Waals surface area contributed by atoms with Crippen LogP contribution >= 0.6 is 11.3 Å². The van der Waals surface area contributed by atoms with E-state index in [2.05, 4.69) is 9.99 Å². The lowest BCUT2D eigenvalue weighted by Crippen LogP contribution is -1.98. The Morgan fingerprint density at radius 1 is 1.64 bits per heavy atom. The Balaban J connectivity index is 2.89. The Kier molecular flexibility index (Phi) is 3.37. The molecule has 0 bridgehead atoms. The molecule has 0 aliphatic carbocycles. The van der Waals surface area contributed by atoms with Crippen LogP contribution in [0.2, 0.25) is 0 Å². The van der Waals surface area contributed by atoms with Crippen LogP contribution in [0.15, 0.2) is 16.6 Å². The quantitative estimate of drug-likeness (QED) is 0.423. The van der Waals surface area contributed by atoms with E-state index >= 15 is 0 Å². The van der Waals surface area contributed by atoms with E-state index in [1.807, 2.05) is 6.07 Å². The highest BCUT2D eigenvalue weighted by Crippen LogP contribution is 2.16. The van der Waals surface area contributed by atoms with E-state index in [1.165, 1.54) is 18.3 Å². The van der Waals surface area contributed by atoms with E-state index in [1.54, 1.807) is 18.4 Å². The van der Waals surface area contributed by atoms with Crippen LogP contribution in [0.3, 0.4) is 0 Å². The highest BCUT2D eigenvalue weighted by molar-refractivity contribution is 7.12. The molecule has 14 heavy (non-hydrogen) atoms. The molecule has 0 unspecified atom stereocenters. The monoisotopic (exact) mass is 208 g/mol. The molecule has 4 nitrogen and oxygen atoms in total. The van der Waals surface area contributed by atoms with Gasteiger partial charge in [0.2, 0.25) is 0 Å². The van der Waals surface area contributed by atoms with E-state index in [-0.39, 0.29) is 0 Å². The van der Waals surface area contributed by atoms with Crippen LogP contribution in [0.4, 0.5) is 0 Å². The van der Waals surface area contributed by atoms with E-state index in [9.17, 15) is 4.79 Å². The molecule has 1 rings (SSSR count). The second-order valence-corrected chi connectivity index (χ2v) is 3.45. The zero-order valence-electron chi connectivity index (χ0n) is 7.77. The maximum absolute atomic E-state index is 10.5. The van der Waals surface area contributed by atoms with Crippen molar-refractivity contribution in [3.63, 3.8) is 0 Å². The average Bonchev–Trinajstić information content (AvgIpc) is 2.61. The molecule has 0 fully saturated rings. The lowest BCUT2D eigenvalue weighted by molar-refractivity contribution is -0.140. The molecule has 0 aliphatic heterocycles. The summed E-state index contributed by atoms with van der Waals surface area (Å²) in [6.45, 7) is 2.96. The first kappa shape index (κ1) is 10.4. The van der Waals surface area contributed by atoms with Gasteiger partial charge in [-0.25, -0.2) is 4.79 Å². The molecule has 0 aliphatic rings. The molecule has 0 N–H and O–H groups in total. The number of rotatable bonds is 2. The van der Waals surface area contributed by atoms with Crippen LogP contribution in [0.5, 0.6) is 0 Å². The van der Waals surface area contributed by atoms with E-state index < -0.39 is 5.97 Å². The van der Waals surface area contributed by atoms with Crippen molar-refractivity contribution in [1.82, 2.24) is 0 Å². The van der Waals surface area contributed by atoms with Crippen molar-refractivity contribution >= 4 is 23.0 Å². The Hall–Kier alpha value is -1.67. The number of nitriles is 1. The molecule has 72 valence electrons. The van der Waals surface area contributed by atoms with Crippen LogP contribution in [-0.2, 0) is 9.63 Å². The molecule has 0 saturated carbocycles. The lowest BCUT2D eigenvalue weighted by Gasteiger charge is -1.95. The van der Waals surface area contributed by atoms with Crippen molar-refractivity contribution in [3.05, 3.63) is 21.9 Å². The number of hydrogen-bond acceptors (Lipinski definition) is 5. The molecule has 0 amide bonds. The second kappa shape index (κ2) is 4.53. The van der Waals surface area contributed by atoms with Gasteiger partial charge in [-0.15, -0.1) is 11.3 Å². The van der Waals surface area contributed by atoms with Gasteiger partial charge in [0.05, 0.1) is 16.2 Å². The highest BCUT2D eigenvalue weighted by Gasteiger charge is 2.07. The second-order valence-electron chi connectivity index (χ2n) is 2.53. The van der Waals surface area contributed by atoms with Gasteiger partial charge in [0.1, 0.15) is 6.07 Å². The Bertz CT molecular complexity index is 415. The third-order valence-electron chi connectivity index (χ3n) is 1.43. The Morgan fingerprint density at radius 2 is 2.36 bits per heavy atom. The van der Waals surface area contributed by atoms with Crippen LogP contribution in [0, 0.1) is 11.3 Å². The number of carbonyl (C=O) groups is 1. The van der Waals surface area contributed by atoms with Crippen molar-refractivity contribution in [2.24, 2.45) is 5.16 Å². The maximum Gasteiger partial charge on any atom is 0.331 e. The number of nitrogens with zero attached hydrogens (tertiary/aromatic N) is 2. The number of oxime groups is 1. The molecule has 5 heteroatoms. The third-order valence-corrected chi connectivity index (χ3v) is 2.45. The van der Waals surface area contributed by atoms with Crippen LogP contribution in [-0.4, -0.2) is 11.7 Å². The third kappa shape index (κ3) is 2.41. The standard InChI is InChI=1S/C9H8N2O2S/c1-6(11-13-7(2)12)9-8(5-10)3-4-14-9/h3-4H,1-2H3/b11-6+. The fourth-order valence-corrected chi connectivity index (χ4v) is 1.64. The molecule has 0 radical (unpaired) electrons. The van der Waals surface area contributed by atoms with Crippen LogP contribution in [0.25, 0.3) is 0 Å². The van der Waals surface area contributed by atoms with Gasteiger partial charge in [0, 0.05) is 6.92 Å². The zero-order valence-corrected chi connectivity index (χ0v) is 8.59. The Labute approximate surface area is 85.4 Å². The summed E-state index contributed by atoms with van der Waals surface area (Å²) >= 11 is 1.39. The first-order valence-corrected chi connectivity index (χ1v) is 4.73. The summed E-state index contributed by atoms with van der Waals surface area (Å²) in [6, 6.07) is 3.73. The fraction of sp³-hybridized carbons (Fsp3) is 0.222. The van der Waals surface area contributed by atoms with Gasteiger partial charge in [-0.3, -0.25) is 0 Å². The van der Waals surface area contributed by atoms with Gasteiger partial charge < -0.3 is 4.84 Å². The summed E-state index contributed by atoms with van der Waals surface area (Å²) in [5, 5.41) is 14.1. The van der Waals surface area contributed by atoms with Crippen molar-refractivity contribution in [2.45, 2.75) is 13.8 Å². The van der Waals surface area contributed by atoms with E-state index in [0.29, 0.717) is 11.3 Å². The fourth-order valence-electron chi connectivity index (χ4n) is 0.852. The van der Waals surface area contributed by atoms with Gasteiger partial charge in [0.15, 0.2) is 0 Å². The van der Waals surface area contributed by atoms with Gasteiger partial charge >= 0.3 is 5.97 Å². The lowest BCUT2D eigenvalue weighted by atomic mass is 10.2. The van der Waals surface area contributed by atoms with Gasteiger partial charge in [-0.05, 0) is 18.4 Å². The molecular formula is C9H8N2O2S. The topological polar surface area (TPSA) is 62.4 Å². The van der Waals surface area contributed by atoms with E-state index in [0.717, 1.165) is 4.88 Å². The van der Waals surface area contributed by atoms with Crippen molar-refractivity contribution in [1.29, 1.82) is 5.26 Å². The molecular weight excluding hydrogens is 200 g/mol. The summed E-state index contributed by atoms with van der Waals surface area (Å²) in [5.41, 5.74) is 1.08. The van der Waals surface area contributed by atoms with Crippen molar-refractivity contribution in [2.75, 3.05) is 0 Å². The minimum absolute atomic E-state index is 0.473. The molecule has 0 spiro atoms. The van der Waals surface area contributed by atoms with Gasteiger partial charge in [-0.2, -0.15) is 5.26 Å². The zero-order chi connectivity index (χ0) is 10.6. The molecule has 0 aromatic carbocycles. The smallest absolute Gasteiger partial charge is 0.318 e. The summed E-state index contributed by atoms with van der Waals surface area (Å²) in [5.74, 6) is -0.473. The summed E-state index contributed by atoms with van der Waals surface area (Å²) in [4.78, 5) is 15.7. The SMILES string of the molecule is CC(=O)O/N=C(\C)c1sccc1C#N. The minimum atomic E-state index is -0.473. The number of hydrogen-bond donors (Lipinski definition) is 0. The molecule has 1 aromatic rings. The Morgan fingerprint density at radius 3 is 2.93 bits per heavy atom. The normalized spacial score (nSPS) is 10.8. The number of carbonyl (C=O) groups excluding carboxylic acids is 1. The van der Waals surface area contributed by atoms with Crippen LogP contribution in [0.1, 0.15) is 24.3 Å². The minimum Gasteiger partial charge on any atom is -0.318 e. The summed E-state index contributed by atoms with van der Waals surface area (Å²) in [7, 11) is 0. The van der Waals surface area contributed by atoms with Gasteiger partial charge in [-0.1, -0.05) is 5.16 Å². The first-order chi connectivity index (χ1) is 6.65. The average molecular weight is 208 g/mol.